The van der Waals surface area contributed by atoms with Crippen LogP contribution in [0.1, 0.15) is 24.5 Å². The van der Waals surface area contributed by atoms with Crippen LogP contribution in [0.2, 0.25) is 0 Å². The van der Waals surface area contributed by atoms with Gasteiger partial charge in [-0.3, -0.25) is 4.79 Å². The normalized spacial score (nSPS) is 20.5. The van der Waals surface area contributed by atoms with Crippen LogP contribution in [0.3, 0.4) is 0 Å². The second-order valence-corrected chi connectivity index (χ2v) is 4.73. The number of hydrogen-bond donors (Lipinski definition) is 1. The molecule has 0 aromatic heterocycles. The number of aromatic hydroxyl groups is 1. The summed E-state index contributed by atoms with van der Waals surface area (Å²) in [5, 5.41) is 9.84. The number of ether oxygens (including phenoxy) is 1. The van der Waals surface area contributed by atoms with E-state index in [0.29, 0.717) is 5.75 Å². The molecule has 0 fully saturated rings. The molecule has 2 rings (SSSR count). The van der Waals surface area contributed by atoms with Gasteiger partial charge in [0.1, 0.15) is 5.75 Å². The number of benzene rings is 1. The van der Waals surface area contributed by atoms with Crippen LogP contribution < -0.4 is 0 Å². The zero-order chi connectivity index (χ0) is 12.4. The highest BCUT2D eigenvalue weighted by Gasteiger charge is 2.29. The lowest BCUT2D eigenvalue weighted by Crippen LogP contribution is -2.27. The number of fused-ring (bicyclic) bond motifs is 1. The third-order valence-electron chi connectivity index (χ3n) is 3.78. The largest absolute Gasteiger partial charge is 0.508 e. The summed E-state index contributed by atoms with van der Waals surface area (Å²) in [6.07, 6.45) is 2.67. The van der Waals surface area contributed by atoms with E-state index in [1.807, 2.05) is 19.1 Å². The Bertz CT molecular complexity index is 425. The fourth-order valence-electron chi connectivity index (χ4n) is 2.60. The lowest BCUT2D eigenvalue weighted by atomic mass is 9.77. The number of esters is 1. The van der Waals surface area contributed by atoms with Crippen molar-refractivity contribution in [2.24, 2.45) is 11.8 Å². The van der Waals surface area contributed by atoms with E-state index in [1.165, 1.54) is 12.7 Å². The molecule has 1 aromatic rings. The Hall–Kier alpha value is -1.51. The van der Waals surface area contributed by atoms with Gasteiger partial charge >= 0.3 is 5.97 Å². The van der Waals surface area contributed by atoms with Crippen LogP contribution >= 0.6 is 0 Å². The van der Waals surface area contributed by atoms with Crippen molar-refractivity contribution in [1.82, 2.24) is 0 Å². The number of aryl methyl sites for hydroxylation is 1. The van der Waals surface area contributed by atoms with E-state index in [4.69, 9.17) is 4.74 Å². The summed E-state index contributed by atoms with van der Waals surface area (Å²) in [6.45, 7) is 1.90. The third kappa shape index (κ3) is 2.28. The topological polar surface area (TPSA) is 46.5 Å². The van der Waals surface area contributed by atoms with Crippen molar-refractivity contribution >= 4 is 5.97 Å². The molecular formula is C14H18O3. The van der Waals surface area contributed by atoms with Gasteiger partial charge in [0, 0.05) is 0 Å². The summed E-state index contributed by atoms with van der Waals surface area (Å²) in [5.74, 6) is 0.356. The van der Waals surface area contributed by atoms with Crippen molar-refractivity contribution in [3.05, 3.63) is 29.3 Å². The Balaban J connectivity index is 2.18. The fourth-order valence-corrected chi connectivity index (χ4v) is 2.60. The number of carbonyl (C=O) groups excluding carboxylic acids is 1. The van der Waals surface area contributed by atoms with Crippen molar-refractivity contribution in [2.75, 3.05) is 7.11 Å². The van der Waals surface area contributed by atoms with Crippen LogP contribution in [0.4, 0.5) is 0 Å². The Morgan fingerprint density at radius 2 is 2.29 bits per heavy atom. The summed E-state index contributed by atoms with van der Waals surface area (Å²) in [7, 11) is 1.42. The predicted octanol–water partition coefficient (Wildman–Crippen LogP) is 2.31. The van der Waals surface area contributed by atoms with E-state index in [1.54, 1.807) is 6.07 Å². The molecule has 0 amide bonds. The van der Waals surface area contributed by atoms with Gasteiger partial charge in [-0.2, -0.15) is 0 Å². The van der Waals surface area contributed by atoms with Gasteiger partial charge in [0.05, 0.1) is 13.0 Å². The van der Waals surface area contributed by atoms with Crippen molar-refractivity contribution < 1.29 is 14.6 Å². The van der Waals surface area contributed by atoms with E-state index in [9.17, 15) is 9.90 Å². The summed E-state index contributed by atoms with van der Waals surface area (Å²) >= 11 is 0. The first-order valence-electron chi connectivity index (χ1n) is 6.01. The van der Waals surface area contributed by atoms with Crippen LogP contribution in [-0.4, -0.2) is 18.2 Å². The maximum atomic E-state index is 11.5. The first-order chi connectivity index (χ1) is 8.13. The van der Waals surface area contributed by atoms with Crippen molar-refractivity contribution in [2.45, 2.75) is 26.2 Å². The molecule has 17 heavy (non-hydrogen) atoms. The van der Waals surface area contributed by atoms with Crippen LogP contribution in [0, 0.1) is 11.8 Å². The average molecular weight is 234 g/mol. The molecule has 2 unspecified atom stereocenters. The molecule has 0 radical (unpaired) electrons. The number of methoxy groups -OCH3 is 1. The fraction of sp³-hybridized carbons (Fsp3) is 0.500. The molecule has 1 aliphatic carbocycles. The lowest BCUT2D eigenvalue weighted by molar-refractivity contribution is -0.146. The summed E-state index contributed by atoms with van der Waals surface area (Å²) in [4.78, 5) is 11.5. The second kappa shape index (κ2) is 4.78. The van der Waals surface area contributed by atoms with E-state index in [2.05, 4.69) is 0 Å². The molecule has 2 atom stereocenters. The van der Waals surface area contributed by atoms with E-state index >= 15 is 0 Å². The van der Waals surface area contributed by atoms with Gasteiger partial charge in [0.2, 0.25) is 0 Å². The molecule has 0 saturated carbocycles. The number of carbonyl (C=O) groups is 1. The van der Waals surface area contributed by atoms with Crippen LogP contribution in [0.5, 0.6) is 5.75 Å². The molecule has 0 heterocycles. The molecule has 0 bridgehead atoms. The van der Waals surface area contributed by atoms with Gasteiger partial charge in [-0.1, -0.05) is 19.1 Å². The standard InChI is InChI=1S/C14H18O3/c1-9(14(16)17-2)11-7-6-10-4-3-5-13(15)12(10)8-11/h3-5,9,11,15H,6-8H2,1-2H3. The van der Waals surface area contributed by atoms with E-state index < -0.39 is 0 Å². The molecule has 1 aromatic carbocycles. The van der Waals surface area contributed by atoms with Crippen molar-refractivity contribution in [3.63, 3.8) is 0 Å². The van der Waals surface area contributed by atoms with Crippen LogP contribution in [-0.2, 0) is 22.4 Å². The van der Waals surface area contributed by atoms with Gasteiger partial charge < -0.3 is 9.84 Å². The van der Waals surface area contributed by atoms with E-state index in [-0.39, 0.29) is 17.8 Å². The van der Waals surface area contributed by atoms with Gasteiger partial charge in [0.25, 0.3) is 0 Å². The summed E-state index contributed by atoms with van der Waals surface area (Å²) < 4.78 is 4.78. The van der Waals surface area contributed by atoms with Gasteiger partial charge in [0.15, 0.2) is 0 Å². The summed E-state index contributed by atoms with van der Waals surface area (Å²) in [6, 6.07) is 5.64. The smallest absolute Gasteiger partial charge is 0.308 e. The SMILES string of the molecule is COC(=O)C(C)C1CCc2cccc(O)c2C1. The molecular weight excluding hydrogens is 216 g/mol. The molecule has 0 spiro atoms. The molecule has 0 aliphatic heterocycles. The van der Waals surface area contributed by atoms with Crippen LogP contribution in [0.15, 0.2) is 18.2 Å². The summed E-state index contributed by atoms with van der Waals surface area (Å²) in [5.41, 5.74) is 2.21. The monoisotopic (exact) mass is 234 g/mol. The van der Waals surface area contributed by atoms with Crippen LogP contribution in [0.25, 0.3) is 0 Å². The Morgan fingerprint density at radius 3 is 3.00 bits per heavy atom. The minimum atomic E-state index is -0.158. The first-order valence-corrected chi connectivity index (χ1v) is 6.01. The Morgan fingerprint density at radius 1 is 1.53 bits per heavy atom. The van der Waals surface area contributed by atoms with Crippen molar-refractivity contribution in [1.29, 1.82) is 0 Å². The highest BCUT2D eigenvalue weighted by Crippen LogP contribution is 2.35. The molecule has 1 N–H and O–H groups in total. The number of phenolic OH excluding ortho intramolecular Hbond substituents is 1. The maximum Gasteiger partial charge on any atom is 0.308 e. The lowest BCUT2D eigenvalue weighted by Gasteiger charge is -2.28. The Kier molecular flexibility index (Phi) is 3.36. The Labute approximate surface area is 101 Å². The average Bonchev–Trinajstić information content (AvgIpc) is 2.37. The number of phenols is 1. The van der Waals surface area contributed by atoms with Gasteiger partial charge in [-0.25, -0.2) is 0 Å². The van der Waals surface area contributed by atoms with Gasteiger partial charge in [-0.15, -0.1) is 0 Å². The zero-order valence-electron chi connectivity index (χ0n) is 10.3. The third-order valence-corrected chi connectivity index (χ3v) is 3.78. The number of hydrogen-bond acceptors (Lipinski definition) is 3. The molecule has 92 valence electrons. The van der Waals surface area contributed by atoms with Crippen molar-refractivity contribution in [3.8, 4) is 5.75 Å². The highest BCUT2D eigenvalue weighted by atomic mass is 16.5. The van der Waals surface area contributed by atoms with E-state index in [0.717, 1.165) is 24.8 Å². The minimum Gasteiger partial charge on any atom is -0.508 e. The minimum absolute atomic E-state index is 0.104. The first kappa shape index (κ1) is 12.0. The number of rotatable bonds is 2. The maximum absolute atomic E-state index is 11.5. The molecule has 3 heteroatoms. The van der Waals surface area contributed by atoms with Gasteiger partial charge in [-0.05, 0) is 42.4 Å². The molecule has 1 aliphatic rings. The molecule has 0 saturated heterocycles. The quantitative estimate of drug-likeness (QED) is 0.799. The predicted molar refractivity (Wildman–Crippen MR) is 64.8 cm³/mol. The zero-order valence-corrected chi connectivity index (χ0v) is 10.3. The highest BCUT2D eigenvalue weighted by molar-refractivity contribution is 5.72. The second-order valence-electron chi connectivity index (χ2n) is 4.73. The molecule has 3 nitrogen and oxygen atoms in total.